The molecule has 0 saturated carbocycles. The van der Waals surface area contributed by atoms with Crippen LogP contribution in [0.5, 0.6) is 5.75 Å². The van der Waals surface area contributed by atoms with E-state index in [1.807, 2.05) is 49.4 Å². The lowest BCUT2D eigenvalue weighted by molar-refractivity contribution is -0.123. The molecule has 0 aliphatic heterocycles. The number of amides is 1. The summed E-state index contributed by atoms with van der Waals surface area (Å²) in [5, 5.41) is 3.89. The number of nitrogens with one attached hydrogen (secondary N) is 1. The van der Waals surface area contributed by atoms with Crippen molar-refractivity contribution in [1.82, 2.24) is 10.3 Å². The summed E-state index contributed by atoms with van der Waals surface area (Å²) in [6, 6.07) is 15.7. The number of ether oxygens (including phenoxy) is 1. The third-order valence-corrected chi connectivity index (χ3v) is 4.49. The summed E-state index contributed by atoms with van der Waals surface area (Å²) < 4.78 is 6.63. The number of fused-ring (bicyclic) bond motifs is 1. The van der Waals surface area contributed by atoms with Gasteiger partial charge in [0.25, 0.3) is 5.91 Å². The first-order chi connectivity index (χ1) is 11.2. The fraction of sp³-hybridized carbons (Fsp3) is 0.222. The molecule has 3 rings (SSSR count). The van der Waals surface area contributed by atoms with Gasteiger partial charge in [0.15, 0.2) is 6.61 Å². The topological polar surface area (TPSA) is 51.2 Å². The number of rotatable bonds is 6. The van der Waals surface area contributed by atoms with Crippen molar-refractivity contribution in [1.29, 1.82) is 0 Å². The van der Waals surface area contributed by atoms with Crippen LogP contribution in [0, 0.1) is 6.92 Å². The minimum atomic E-state index is -0.119. The summed E-state index contributed by atoms with van der Waals surface area (Å²) >= 11 is 1.67. The van der Waals surface area contributed by atoms with Crippen molar-refractivity contribution >= 4 is 27.5 Å². The molecule has 5 heteroatoms. The van der Waals surface area contributed by atoms with Gasteiger partial charge in [0, 0.05) is 13.0 Å². The number of carbonyl (C=O) groups is 1. The number of aryl methyl sites for hydroxylation is 1. The van der Waals surface area contributed by atoms with E-state index in [4.69, 9.17) is 4.74 Å². The maximum absolute atomic E-state index is 11.8. The molecule has 1 aromatic heterocycles. The molecule has 3 aromatic rings. The Bertz CT molecular complexity index is 763. The summed E-state index contributed by atoms with van der Waals surface area (Å²) in [5.41, 5.74) is 2.18. The van der Waals surface area contributed by atoms with E-state index in [0.717, 1.165) is 22.5 Å². The van der Waals surface area contributed by atoms with E-state index in [-0.39, 0.29) is 12.5 Å². The lowest BCUT2D eigenvalue weighted by atomic mass is 10.2. The van der Waals surface area contributed by atoms with E-state index in [1.165, 1.54) is 4.70 Å². The van der Waals surface area contributed by atoms with E-state index in [9.17, 15) is 4.79 Å². The largest absolute Gasteiger partial charge is 0.484 e. The minimum absolute atomic E-state index is 0.0307. The Morgan fingerprint density at radius 1 is 1.17 bits per heavy atom. The highest BCUT2D eigenvalue weighted by Crippen LogP contribution is 2.21. The quantitative estimate of drug-likeness (QED) is 0.756. The normalized spacial score (nSPS) is 10.7. The minimum Gasteiger partial charge on any atom is -0.484 e. The molecule has 0 saturated heterocycles. The first-order valence-electron chi connectivity index (χ1n) is 7.51. The second-order valence-corrected chi connectivity index (χ2v) is 6.39. The van der Waals surface area contributed by atoms with Crippen molar-refractivity contribution in [2.24, 2.45) is 0 Å². The van der Waals surface area contributed by atoms with Gasteiger partial charge >= 0.3 is 0 Å². The van der Waals surface area contributed by atoms with Crippen LogP contribution < -0.4 is 10.1 Å². The zero-order valence-electron chi connectivity index (χ0n) is 12.9. The first kappa shape index (κ1) is 15.5. The molecule has 23 heavy (non-hydrogen) atoms. The molecule has 2 aromatic carbocycles. The van der Waals surface area contributed by atoms with Crippen molar-refractivity contribution in [2.75, 3.05) is 13.2 Å². The van der Waals surface area contributed by atoms with Crippen LogP contribution in [-0.2, 0) is 11.2 Å². The van der Waals surface area contributed by atoms with Crippen LogP contribution in [0.3, 0.4) is 0 Å². The fourth-order valence-corrected chi connectivity index (χ4v) is 3.14. The molecule has 0 fully saturated rings. The average Bonchev–Trinajstić information content (AvgIpc) is 2.97. The van der Waals surface area contributed by atoms with Gasteiger partial charge in [-0.1, -0.05) is 29.8 Å². The number of benzene rings is 2. The predicted octanol–water partition coefficient (Wildman–Crippen LogP) is 3.34. The molecule has 4 nitrogen and oxygen atoms in total. The molecule has 0 aliphatic rings. The van der Waals surface area contributed by atoms with Crippen molar-refractivity contribution in [3.63, 3.8) is 0 Å². The van der Waals surface area contributed by atoms with Crippen LogP contribution in [0.1, 0.15) is 10.6 Å². The molecular formula is C18H18N2O2S. The van der Waals surface area contributed by atoms with E-state index < -0.39 is 0 Å². The molecule has 118 valence electrons. The predicted molar refractivity (Wildman–Crippen MR) is 93.0 cm³/mol. The Labute approximate surface area is 139 Å². The highest BCUT2D eigenvalue weighted by atomic mass is 32.1. The summed E-state index contributed by atoms with van der Waals surface area (Å²) in [7, 11) is 0. The molecule has 1 heterocycles. The summed E-state index contributed by atoms with van der Waals surface area (Å²) in [5.74, 6) is 0.587. The van der Waals surface area contributed by atoms with E-state index in [2.05, 4.69) is 16.4 Å². The molecule has 0 spiro atoms. The SMILES string of the molecule is Cc1ccc(OCC(=O)NCCc2nc3ccccc3s2)cc1. The highest BCUT2D eigenvalue weighted by Gasteiger charge is 2.05. The van der Waals surface area contributed by atoms with Gasteiger partial charge in [0.1, 0.15) is 5.75 Å². The molecule has 0 bridgehead atoms. The molecule has 0 radical (unpaired) electrons. The number of carbonyl (C=O) groups excluding carboxylic acids is 1. The van der Waals surface area contributed by atoms with Gasteiger partial charge in [-0.15, -0.1) is 11.3 Å². The molecule has 1 N–H and O–H groups in total. The van der Waals surface area contributed by atoms with E-state index in [1.54, 1.807) is 11.3 Å². The van der Waals surface area contributed by atoms with Crippen LogP contribution in [0.15, 0.2) is 48.5 Å². The van der Waals surface area contributed by atoms with Gasteiger partial charge in [0.05, 0.1) is 15.2 Å². The summed E-state index contributed by atoms with van der Waals surface area (Å²) in [6.07, 6.45) is 0.732. The average molecular weight is 326 g/mol. The Balaban J connectivity index is 1.43. The lowest BCUT2D eigenvalue weighted by Crippen LogP contribution is -2.30. The summed E-state index contributed by atoms with van der Waals surface area (Å²) in [6.45, 7) is 2.61. The van der Waals surface area contributed by atoms with Crippen molar-refractivity contribution in [3.8, 4) is 5.75 Å². The number of para-hydroxylation sites is 1. The lowest BCUT2D eigenvalue weighted by Gasteiger charge is -2.07. The summed E-state index contributed by atoms with van der Waals surface area (Å²) in [4.78, 5) is 16.3. The fourth-order valence-electron chi connectivity index (χ4n) is 2.17. The maximum atomic E-state index is 11.8. The Morgan fingerprint density at radius 3 is 2.74 bits per heavy atom. The Hall–Kier alpha value is -2.40. The van der Waals surface area contributed by atoms with Crippen molar-refractivity contribution in [3.05, 3.63) is 59.1 Å². The van der Waals surface area contributed by atoms with Crippen LogP contribution in [0.25, 0.3) is 10.2 Å². The third kappa shape index (κ3) is 4.29. The van der Waals surface area contributed by atoms with Gasteiger partial charge < -0.3 is 10.1 Å². The van der Waals surface area contributed by atoms with Crippen LogP contribution >= 0.6 is 11.3 Å². The zero-order chi connectivity index (χ0) is 16.1. The maximum Gasteiger partial charge on any atom is 0.257 e. The van der Waals surface area contributed by atoms with Crippen molar-refractivity contribution < 1.29 is 9.53 Å². The smallest absolute Gasteiger partial charge is 0.257 e. The molecular weight excluding hydrogens is 308 g/mol. The van der Waals surface area contributed by atoms with Crippen LogP contribution in [0.4, 0.5) is 0 Å². The highest BCUT2D eigenvalue weighted by molar-refractivity contribution is 7.18. The number of hydrogen-bond acceptors (Lipinski definition) is 4. The first-order valence-corrected chi connectivity index (χ1v) is 8.33. The second kappa shape index (κ2) is 7.24. The Kier molecular flexibility index (Phi) is 4.88. The van der Waals surface area contributed by atoms with Gasteiger partial charge in [-0.25, -0.2) is 4.98 Å². The van der Waals surface area contributed by atoms with E-state index >= 15 is 0 Å². The molecule has 0 unspecified atom stereocenters. The van der Waals surface area contributed by atoms with Gasteiger partial charge in [-0.3, -0.25) is 4.79 Å². The zero-order valence-corrected chi connectivity index (χ0v) is 13.7. The number of aromatic nitrogens is 1. The number of nitrogens with zero attached hydrogens (tertiary/aromatic N) is 1. The number of thiazole rings is 1. The standard InChI is InChI=1S/C18H18N2O2S/c1-13-6-8-14(9-7-13)22-12-17(21)19-11-10-18-20-15-4-2-3-5-16(15)23-18/h2-9H,10-12H2,1H3,(H,19,21). The van der Waals surface area contributed by atoms with Crippen molar-refractivity contribution in [2.45, 2.75) is 13.3 Å². The third-order valence-electron chi connectivity index (χ3n) is 3.39. The second-order valence-electron chi connectivity index (χ2n) is 5.28. The monoisotopic (exact) mass is 326 g/mol. The van der Waals surface area contributed by atoms with Crippen LogP contribution in [0.2, 0.25) is 0 Å². The number of hydrogen-bond donors (Lipinski definition) is 1. The van der Waals surface area contributed by atoms with Gasteiger partial charge in [-0.05, 0) is 31.2 Å². The Morgan fingerprint density at radius 2 is 1.96 bits per heavy atom. The van der Waals surface area contributed by atoms with E-state index in [0.29, 0.717) is 12.3 Å². The van der Waals surface area contributed by atoms with Gasteiger partial charge in [0.2, 0.25) is 0 Å². The molecule has 0 aliphatic carbocycles. The van der Waals surface area contributed by atoms with Gasteiger partial charge in [-0.2, -0.15) is 0 Å². The molecule has 1 amide bonds. The van der Waals surface area contributed by atoms with Crippen LogP contribution in [-0.4, -0.2) is 24.0 Å². The molecule has 0 atom stereocenters.